The van der Waals surface area contributed by atoms with Crippen molar-refractivity contribution in [3.05, 3.63) is 35.7 Å². The molecule has 0 atom stereocenters. The van der Waals surface area contributed by atoms with Crippen molar-refractivity contribution in [1.29, 1.82) is 0 Å². The van der Waals surface area contributed by atoms with Crippen LogP contribution in [-0.4, -0.2) is 26.6 Å². The molecule has 1 amide bonds. The lowest BCUT2D eigenvalue weighted by Crippen LogP contribution is -2.16. The van der Waals surface area contributed by atoms with Gasteiger partial charge in [-0.05, 0) is 24.5 Å². The number of nitrogen functional groups attached to an aromatic ring is 1. The Kier molecular flexibility index (Phi) is 5.10. The van der Waals surface area contributed by atoms with Gasteiger partial charge in [0.25, 0.3) is 0 Å². The van der Waals surface area contributed by atoms with Crippen LogP contribution in [0.15, 0.2) is 29.7 Å². The van der Waals surface area contributed by atoms with Gasteiger partial charge >= 0.3 is 0 Å². The molecule has 0 aliphatic rings. The SMILES string of the molecule is CCc1cccc(C)c1NC(=O)CSc1ncnc(N)n1. The van der Waals surface area contributed by atoms with Crippen molar-refractivity contribution in [3.8, 4) is 0 Å². The van der Waals surface area contributed by atoms with Crippen LogP contribution in [-0.2, 0) is 11.2 Å². The number of thioether (sulfide) groups is 1. The van der Waals surface area contributed by atoms with Crippen LogP contribution in [0.3, 0.4) is 0 Å². The summed E-state index contributed by atoms with van der Waals surface area (Å²) in [6, 6.07) is 5.99. The topological polar surface area (TPSA) is 93.8 Å². The second-order valence-corrected chi connectivity index (χ2v) is 5.37. The van der Waals surface area contributed by atoms with E-state index in [0.29, 0.717) is 5.16 Å². The average molecular weight is 303 g/mol. The minimum atomic E-state index is -0.0945. The Balaban J connectivity index is 1.99. The summed E-state index contributed by atoms with van der Waals surface area (Å²) in [5, 5.41) is 3.40. The third-order valence-electron chi connectivity index (χ3n) is 2.91. The number of hydrogen-bond donors (Lipinski definition) is 2. The molecule has 2 aromatic rings. The van der Waals surface area contributed by atoms with Gasteiger partial charge in [0.05, 0.1) is 5.75 Å². The van der Waals surface area contributed by atoms with Crippen LogP contribution in [0.25, 0.3) is 0 Å². The predicted molar refractivity (Wildman–Crippen MR) is 84.2 cm³/mol. The molecule has 0 aliphatic heterocycles. The summed E-state index contributed by atoms with van der Waals surface area (Å²) in [4.78, 5) is 23.7. The van der Waals surface area contributed by atoms with Gasteiger partial charge in [0.1, 0.15) is 6.33 Å². The number of nitrogens with zero attached hydrogens (tertiary/aromatic N) is 3. The smallest absolute Gasteiger partial charge is 0.234 e. The number of rotatable bonds is 5. The number of hydrogen-bond acceptors (Lipinski definition) is 6. The molecule has 0 spiro atoms. The van der Waals surface area contributed by atoms with E-state index >= 15 is 0 Å². The first-order valence-corrected chi connectivity index (χ1v) is 7.54. The van der Waals surface area contributed by atoms with E-state index in [1.807, 2.05) is 25.1 Å². The zero-order chi connectivity index (χ0) is 15.2. The predicted octanol–water partition coefficient (Wildman–Crippen LogP) is 2.06. The number of benzene rings is 1. The van der Waals surface area contributed by atoms with Gasteiger partial charge < -0.3 is 11.1 Å². The number of anilines is 2. The molecule has 6 nitrogen and oxygen atoms in total. The van der Waals surface area contributed by atoms with Crippen LogP contribution < -0.4 is 11.1 Å². The fourth-order valence-corrected chi connectivity index (χ4v) is 2.48. The normalized spacial score (nSPS) is 10.4. The number of aryl methyl sites for hydroxylation is 2. The first-order chi connectivity index (χ1) is 10.1. The summed E-state index contributed by atoms with van der Waals surface area (Å²) in [6.07, 6.45) is 2.20. The van der Waals surface area contributed by atoms with Crippen LogP contribution in [0.1, 0.15) is 18.1 Å². The molecule has 0 unspecified atom stereocenters. The summed E-state index contributed by atoms with van der Waals surface area (Å²) in [7, 11) is 0. The van der Waals surface area contributed by atoms with Gasteiger partial charge in [0.2, 0.25) is 11.9 Å². The monoisotopic (exact) mass is 303 g/mol. The maximum atomic E-state index is 12.1. The number of nitrogens with two attached hydrogens (primary N) is 1. The molecule has 0 saturated carbocycles. The Morgan fingerprint density at radius 2 is 2.19 bits per heavy atom. The van der Waals surface area contributed by atoms with Gasteiger partial charge in [-0.2, -0.15) is 4.98 Å². The Bertz CT molecular complexity index is 647. The van der Waals surface area contributed by atoms with E-state index in [9.17, 15) is 4.79 Å². The van der Waals surface area contributed by atoms with Gasteiger partial charge in [0.15, 0.2) is 5.16 Å². The highest BCUT2D eigenvalue weighted by atomic mass is 32.2. The molecule has 0 fully saturated rings. The van der Waals surface area contributed by atoms with Crippen LogP contribution in [0.4, 0.5) is 11.6 Å². The second kappa shape index (κ2) is 7.03. The number of carbonyl (C=O) groups excluding carboxylic acids is 1. The number of amides is 1. The van der Waals surface area contributed by atoms with Crippen molar-refractivity contribution < 1.29 is 4.79 Å². The Morgan fingerprint density at radius 1 is 1.38 bits per heavy atom. The summed E-state index contributed by atoms with van der Waals surface area (Å²) in [5.41, 5.74) is 8.54. The van der Waals surface area contributed by atoms with Gasteiger partial charge in [-0.1, -0.05) is 36.9 Å². The maximum Gasteiger partial charge on any atom is 0.234 e. The molecule has 21 heavy (non-hydrogen) atoms. The highest BCUT2D eigenvalue weighted by molar-refractivity contribution is 7.99. The lowest BCUT2D eigenvalue weighted by atomic mass is 10.1. The minimum Gasteiger partial charge on any atom is -0.368 e. The Hall–Kier alpha value is -2.15. The average Bonchev–Trinajstić information content (AvgIpc) is 2.47. The lowest BCUT2D eigenvalue weighted by molar-refractivity contribution is -0.113. The molecular weight excluding hydrogens is 286 g/mol. The first-order valence-electron chi connectivity index (χ1n) is 6.55. The van der Waals surface area contributed by atoms with Crippen molar-refractivity contribution in [2.75, 3.05) is 16.8 Å². The highest BCUT2D eigenvalue weighted by Crippen LogP contribution is 2.21. The summed E-state index contributed by atoms with van der Waals surface area (Å²) < 4.78 is 0. The maximum absolute atomic E-state index is 12.1. The van der Waals surface area contributed by atoms with Crippen molar-refractivity contribution in [1.82, 2.24) is 15.0 Å². The molecule has 7 heteroatoms. The number of carbonyl (C=O) groups is 1. The quantitative estimate of drug-likeness (QED) is 0.821. The zero-order valence-electron chi connectivity index (χ0n) is 12.0. The summed E-state index contributed by atoms with van der Waals surface area (Å²) in [6.45, 7) is 4.04. The second-order valence-electron chi connectivity index (χ2n) is 4.43. The van der Waals surface area contributed by atoms with Crippen LogP contribution in [0, 0.1) is 6.92 Å². The fraction of sp³-hybridized carbons (Fsp3) is 0.286. The van der Waals surface area contributed by atoms with E-state index in [1.54, 1.807) is 0 Å². The molecule has 0 radical (unpaired) electrons. The molecule has 1 aromatic carbocycles. The van der Waals surface area contributed by atoms with Crippen molar-refractivity contribution >= 4 is 29.3 Å². The summed E-state index contributed by atoms with van der Waals surface area (Å²) in [5.74, 6) is 0.282. The largest absolute Gasteiger partial charge is 0.368 e. The highest BCUT2D eigenvalue weighted by Gasteiger charge is 2.10. The lowest BCUT2D eigenvalue weighted by Gasteiger charge is -2.12. The van der Waals surface area contributed by atoms with E-state index < -0.39 is 0 Å². The van der Waals surface area contributed by atoms with Crippen molar-refractivity contribution in [2.24, 2.45) is 0 Å². The van der Waals surface area contributed by atoms with Crippen LogP contribution in [0.2, 0.25) is 0 Å². The minimum absolute atomic E-state index is 0.0945. The molecule has 3 N–H and O–H groups in total. The Morgan fingerprint density at radius 3 is 2.90 bits per heavy atom. The molecule has 110 valence electrons. The molecular formula is C14H17N5OS. The standard InChI is InChI=1S/C14H17N5OS/c1-3-10-6-4-5-9(2)12(10)18-11(20)7-21-14-17-8-16-13(15)19-14/h4-6,8H,3,7H2,1-2H3,(H,18,20)(H2,15,16,17,19). The molecule has 1 aromatic heterocycles. The van der Waals surface area contributed by atoms with Crippen LogP contribution in [0.5, 0.6) is 0 Å². The van der Waals surface area contributed by atoms with Crippen molar-refractivity contribution in [3.63, 3.8) is 0 Å². The van der Waals surface area contributed by atoms with E-state index in [-0.39, 0.29) is 17.6 Å². The van der Waals surface area contributed by atoms with Gasteiger partial charge in [-0.25, -0.2) is 9.97 Å². The molecule has 0 saturated heterocycles. The summed E-state index contributed by atoms with van der Waals surface area (Å²) >= 11 is 1.23. The molecule has 0 bridgehead atoms. The van der Waals surface area contributed by atoms with E-state index in [2.05, 4.69) is 27.2 Å². The third-order valence-corrected chi connectivity index (χ3v) is 3.77. The third kappa shape index (κ3) is 4.16. The van der Waals surface area contributed by atoms with E-state index in [1.165, 1.54) is 18.1 Å². The van der Waals surface area contributed by atoms with Gasteiger partial charge in [-0.15, -0.1) is 0 Å². The number of nitrogens with one attached hydrogen (secondary N) is 1. The number of para-hydroxylation sites is 1. The van der Waals surface area contributed by atoms with Crippen molar-refractivity contribution in [2.45, 2.75) is 25.4 Å². The Labute approximate surface area is 127 Å². The molecule has 1 heterocycles. The molecule has 2 rings (SSSR count). The first kappa shape index (κ1) is 15.2. The van der Waals surface area contributed by atoms with E-state index in [4.69, 9.17) is 5.73 Å². The van der Waals surface area contributed by atoms with Gasteiger partial charge in [-0.3, -0.25) is 4.79 Å². The molecule has 0 aliphatic carbocycles. The van der Waals surface area contributed by atoms with Gasteiger partial charge in [0, 0.05) is 5.69 Å². The fourth-order valence-electron chi connectivity index (χ4n) is 1.87. The number of aromatic nitrogens is 3. The van der Waals surface area contributed by atoms with Crippen LogP contribution >= 0.6 is 11.8 Å². The zero-order valence-corrected chi connectivity index (χ0v) is 12.8. The van der Waals surface area contributed by atoms with E-state index in [0.717, 1.165) is 23.2 Å².